The number of benzene rings is 9. The molecule has 12 rings (SSSR count). The molecule has 12 aromatic rings. The van der Waals surface area contributed by atoms with Crippen molar-refractivity contribution in [2.75, 3.05) is 0 Å². The zero-order valence-electron chi connectivity index (χ0n) is 29.8. The fourth-order valence-corrected chi connectivity index (χ4v) is 9.05. The van der Waals surface area contributed by atoms with Crippen molar-refractivity contribution in [3.05, 3.63) is 194 Å². The van der Waals surface area contributed by atoms with E-state index in [9.17, 15) is 0 Å². The van der Waals surface area contributed by atoms with E-state index in [-0.39, 0.29) is 0 Å². The number of rotatable bonds is 4. The maximum atomic E-state index is 6.18. The molecule has 256 valence electrons. The molecular weight excluding hydrogens is 669 g/mol. The number of fused-ring (bicyclic) bond motifs is 10. The molecule has 0 aliphatic rings. The van der Waals surface area contributed by atoms with Crippen molar-refractivity contribution in [2.24, 2.45) is 0 Å². The molecule has 3 nitrogen and oxygen atoms in total. The summed E-state index contributed by atoms with van der Waals surface area (Å²) < 4.78 is 11.0. The minimum atomic E-state index is 0.910. The first-order valence-electron chi connectivity index (χ1n) is 18.8. The highest BCUT2D eigenvalue weighted by Gasteiger charge is 2.18. The molecule has 9 aromatic carbocycles. The van der Waals surface area contributed by atoms with Crippen LogP contribution in [0.1, 0.15) is 0 Å². The van der Waals surface area contributed by atoms with Crippen molar-refractivity contribution < 1.29 is 4.42 Å². The molecule has 0 unspecified atom stereocenters. The van der Waals surface area contributed by atoms with Crippen molar-refractivity contribution in [1.29, 1.82) is 0 Å². The van der Waals surface area contributed by atoms with Gasteiger partial charge in [-0.05, 0) is 94.4 Å². The monoisotopic (exact) mass is 700 g/mol. The summed E-state index contributed by atoms with van der Waals surface area (Å²) in [6.45, 7) is 0. The molecule has 0 saturated heterocycles. The van der Waals surface area contributed by atoms with Gasteiger partial charge in [0.15, 0.2) is 0 Å². The molecule has 3 heteroatoms. The van der Waals surface area contributed by atoms with Crippen molar-refractivity contribution in [2.45, 2.75) is 0 Å². The number of para-hydroxylation sites is 4. The molecular formula is C52H32N2O. The largest absolute Gasteiger partial charge is 0.456 e. The normalized spacial score (nSPS) is 12.0. The van der Waals surface area contributed by atoms with Crippen LogP contribution in [0.2, 0.25) is 0 Å². The number of furan rings is 1. The number of aromatic nitrogens is 2. The number of hydrogen-bond donors (Lipinski definition) is 0. The maximum absolute atomic E-state index is 6.18. The molecule has 0 atom stereocenters. The highest BCUT2D eigenvalue weighted by Crippen LogP contribution is 2.41. The Morgan fingerprint density at radius 3 is 1.75 bits per heavy atom. The van der Waals surface area contributed by atoms with Gasteiger partial charge in [-0.3, -0.25) is 0 Å². The topological polar surface area (TPSA) is 23.0 Å². The van der Waals surface area contributed by atoms with Crippen LogP contribution in [0.3, 0.4) is 0 Å². The van der Waals surface area contributed by atoms with Gasteiger partial charge < -0.3 is 13.6 Å². The quantitative estimate of drug-likeness (QED) is 0.179. The molecule has 0 bridgehead atoms. The van der Waals surface area contributed by atoms with Crippen LogP contribution < -0.4 is 0 Å². The van der Waals surface area contributed by atoms with Gasteiger partial charge in [0.25, 0.3) is 0 Å². The van der Waals surface area contributed by atoms with Gasteiger partial charge in [-0.15, -0.1) is 0 Å². The molecule has 0 radical (unpaired) electrons. The molecule has 0 saturated carbocycles. The fraction of sp³-hybridized carbons (Fsp3) is 0. The summed E-state index contributed by atoms with van der Waals surface area (Å²) in [5.74, 6) is 0. The van der Waals surface area contributed by atoms with E-state index in [4.69, 9.17) is 4.42 Å². The summed E-state index contributed by atoms with van der Waals surface area (Å²) in [7, 11) is 0. The Labute approximate surface area is 316 Å². The number of nitrogens with zero attached hydrogens (tertiary/aromatic N) is 2. The first kappa shape index (κ1) is 30.1. The molecule has 0 fully saturated rings. The van der Waals surface area contributed by atoms with E-state index in [0.29, 0.717) is 0 Å². The maximum Gasteiger partial charge on any atom is 0.135 e. The highest BCUT2D eigenvalue weighted by atomic mass is 16.3. The molecule has 55 heavy (non-hydrogen) atoms. The van der Waals surface area contributed by atoms with Crippen LogP contribution in [-0.4, -0.2) is 9.13 Å². The Bertz CT molecular complexity index is 3490. The van der Waals surface area contributed by atoms with Crippen LogP contribution in [0.5, 0.6) is 0 Å². The molecule has 0 amide bonds. The first-order chi connectivity index (χ1) is 27.3. The smallest absolute Gasteiger partial charge is 0.135 e. The molecule has 0 spiro atoms. The summed E-state index contributed by atoms with van der Waals surface area (Å²) in [6, 6.07) is 70.4. The van der Waals surface area contributed by atoms with Crippen LogP contribution in [-0.2, 0) is 0 Å². The van der Waals surface area contributed by atoms with Crippen LogP contribution in [0.4, 0.5) is 0 Å². The standard InChI is InChI=1S/C52H32N2O/c1-2-12-36(13-3-1)53-46-20-7-5-15-41(46)44-30-33(25-28-49(44)53)34-24-27-42-40-14-4-8-21-47(40)54(50(42)32-34)48-22-11-18-38-37(17-10-19-39(38)48)35-26-29-52-45(31-35)43-16-6-9-23-51(43)55-52/h1-32H. The highest BCUT2D eigenvalue weighted by molar-refractivity contribution is 6.14. The summed E-state index contributed by atoms with van der Waals surface area (Å²) in [4.78, 5) is 0. The van der Waals surface area contributed by atoms with Gasteiger partial charge in [-0.2, -0.15) is 0 Å². The number of hydrogen-bond acceptors (Lipinski definition) is 1. The lowest BCUT2D eigenvalue weighted by Gasteiger charge is -2.15. The van der Waals surface area contributed by atoms with Crippen LogP contribution in [0.25, 0.3) is 110 Å². The lowest BCUT2D eigenvalue weighted by atomic mass is 9.96. The predicted molar refractivity (Wildman–Crippen MR) is 231 cm³/mol. The van der Waals surface area contributed by atoms with Gasteiger partial charge in [-0.25, -0.2) is 0 Å². The van der Waals surface area contributed by atoms with Gasteiger partial charge in [0.2, 0.25) is 0 Å². The Balaban J connectivity index is 1.06. The van der Waals surface area contributed by atoms with E-state index in [0.717, 1.165) is 21.9 Å². The van der Waals surface area contributed by atoms with E-state index in [1.54, 1.807) is 0 Å². The van der Waals surface area contributed by atoms with Crippen molar-refractivity contribution >= 4 is 76.3 Å². The van der Waals surface area contributed by atoms with Gasteiger partial charge >= 0.3 is 0 Å². The Morgan fingerprint density at radius 2 is 0.873 bits per heavy atom. The minimum absolute atomic E-state index is 0.910. The third-order valence-corrected chi connectivity index (χ3v) is 11.5. The zero-order valence-corrected chi connectivity index (χ0v) is 29.8. The molecule has 3 heterocycles. The average molecular weight is 701 g/mol. The minimum Gasteiger partial charge on any atom is -0.456 e. The van der Waals surface area contributed by atoms with Crippen molar-refractivity contribution in [1.82, 2.24) is 9.13 Å². The Morgan fingerprint density at radius 1 is 0.291 bits per heavy atom. The van der Waals surface area contributed by atoms with Crippen LogP contribution in [0, 0.1) is 0 Å². The van der Waals surface area contributed by atoms with E-state index in [1.165, 1.54) is 88.0 Å². The molecule has 3 aromatic heterocycles. The molecule has 0 N–H and O–H groups in total. The molecule has 0 aliphatic heterocycles. The summed E-state index contributed by atoms with van der Waals surface area (Å²) in [6.07, 6.45) is 0. The second-order valence-corrected chi connectivity index (χ2v) is 14.5. The van der Waals surface area contributed by atoms with E-state index in [1.807, 2.05) is 12.1 Å². The first-order valence-corrected chi connectivity index (χ1v) is 18.8. The Hall–Kier alpha value is -7.36. The van der Waals surface area contributed by atoms with E-state index >= 15 is 0 Å². The van der Waals surface area contributed by atoms with Crippen molar-refractivity contribution in [3.8, 4) is 33.6 Å². The third kappa shape index (κ3) is 4.44. The zero-order chi connectivity index (χ0) is 36.0. The second kappa shape index (κ2) is 11.6. The third-order valence-electron chi connectivity index (χ3n) is 11.5. The summed E-state index contributed by atoms with van der Waals surface area (Å²) >= 11 is 0. The summed E-state index contributed by atoms with van der Waals surface area (Å²) in [5, 5.41) is 9.70. The van der Waals surface area contributed by atoms with E-state index in [2.05, 4.69) is 191 Å². The van der Waals surface area contributed by atoms with Crippen molar-refractivity contribution in [3.63, 3.8) is 0 Å². The van der Waals surface area contributed by atoms with Gasteiger partial charge in [0.05, 0.1) is 27.8 Å². The summed E-state index contributed by atoms with van der Waals surface area (Å²) in [5.41, 5.74) is 13.7. The lowest BCUT2D eigenvalue weighted by Crippen LogP contribution is -1.96. The lowest BCUT2D eigenvalue weighted by molar-refractivity contribution is 0.669. The predicted octanol–water partition coefficient (Wildman–Crippen LogP) is 14.3. The second-order valence-electron chi connectivity index (χ2n) is 14.5. The van der Waals surface area contributed by atoms with Crippen LogP contribution >= 0.6 is 0 Å². The van der Waals surface area contributed by atoms with Gasteiger partial charge in [0, 0.05) is 43.4 Å². The Kier molecular flexibility index (Phi) is 6.34. The van der Waals surface area contributed by atoms with Gasteiger partial charge in [-0.1, -0.05) is 127 Å². The fourth-order valence-electron chi connectivity index (χ4n) is 9.05. The van der Waals surface area contributed by atoms with Crippen LogP contribution in [0.15, 0.2) is 199 Å². The SMILES string of the molecule is c1ccc(-n2c3ccccc3c3cc(-c4ccc5c6ccccc6n(-c6cccc7c(-c8ccc9oc%10ccccc%10c9c8)cccc67)c5c4)ccc32)cc1. The van der Waals surface area contributed by atoms with E-state index < -0.39 is 0 Å². The molecule has 0 aliphatic carbocycles. The van der Waals surface area contributed by atoms with Gasteiger partial charge in [0.1, 0.15) is 11.2 Å². The average Bonchev–Trinajstić information content (AvgIpc) is 3.90.